The maximum absolute atomic E-state index is 9.97. The van der Waals surface area contributed by atoms with Crippen molar-refractivity contribution < 1.29 is 9.13 Å². The monoisotopic (exact) mass is 148 g/mol. The van der Waals surface area contributed by atoms with Gasteiger partial charge in [0.15, 0.2) is 0 Å². The summed E-state index contributed by atoms with van der Waals surface area (Å²) in [6.07, 6.45) is 2.95. The van der Waals surface area contributed by atoms with Gasteiger partial charge in [-0.05, 0) is 0 Å². The summed E-state index contributed by atoms with van der Waals surface area (Å²) in [5.41, 5.74) is 0. The lowest BCUT2D eigenvalue weighted by Gasteiger charge is -1.55. The van der Waals surface area contributed by atoms with Crippen molar-refractivity contribution in [3.8, 4) is 0 Å². The molecule has 0 N–H and O–H groups in total. The molecule has 0 spiro atoms. The van der Waals surface area contributed by atoms with Crippen LogP contribution in [0.15, 0.2) is 23.8 Å². The molecule has 2 nitrogen and oxygen atoms in total. The normalized spacial score (nSPS) is 9.00. The largest absolute Gasteiger partial charge is 0.412 e. The van der Waals surface area contributed by atoms with E-state index in [4.69, 9.17) is 0 Å². The van der Waals surface area contributed by atoms with E-state index in [-0.39, 0.29) is 0 Å². The van der Waals surface area contributed by atoms with Crippen LogP contribution in [-0.4, -0.2) is 0 Å². The highest BCUT2D eigenvalue weighted by atomic mass is 31.1. The number of hydrogen-bond acceptors (Lipinski definition) is 2. The Morgan fingerprint density at radius 3 is 2.00 bits per heavy atom. The summed E-state index contributed by atoms with van der Waals surface area (Å²) >= 11 is 0. The van der Waals surface area contributed by atoms with Gasteiger partial charge in [0.25, 0.3) is 0 Å². The third-order valence-corrected chi connectivity index (χ3v) is 1.89. The summed E-state index contributed by atoms with van der Waals surface area (Å²) in [6, 6.07) is 0. The van der Waals surface area contributed by atoms with Crippen LogP contribution < -0.4 is 0 Å². The van der Waals surface area contributed by atoms with Gasteiger partial charge in [-0.15, -0.1) is 0 Å². The van der Waals surface area contributed by atoms with Crippen LogP contribution in [0.5, 0.6) is 0 Å². The molecule has 0 aliphatic carbocycles. The molecule has 0 aromatic heterocycles. The first-order valence-corrected chi connectivity index (χ1v) is 3.76. The van der Waals surface area contributed by atoms with Gasteiger partial charge in [0.2, 0.25) is 0 Å². The summed E-state index contributed by atoms with van der Waals surface area (Å²) in [5.74, 6) is 0. The SMILES string of the molecule is C=CC=C([PH+]=O)[PH+]=O. The van der Waals surface area contributed by atoms with Gasteiger partial charge in [-0.1, -0.05) is 21.8 Å². The Hall–Kier alpha value is -0.320. The van der Waals surface area contributed by atoms with Crippen LogP contribution in [0.1, 0.15) is 0 Å². The van der Waals surface area contributed by atoms with E-state index < -0.39 is 16.9 Å². The second-order valence-electron chi connectivity index (χ2n) is 1.02. The standard InChI is InChI=1S/C4H4O2P2/c1-2-3-4(7-5)8-6/h2-3H,1H2/p+2. The zero-order chi connectivity index (χ0) is 6.41. The summed E-state index contributed by atoms with van der Waals surface area (Å²) in [5, 5.41) is 0.417. The predicted octanol–water partition coefficient (Wildman–Crippen LogP) is 2.06. The summed E-state index contributed by atoms with van der Waals surface area (Å²) < 4.78 is 19.9. The average Bonchev–Trinajstić information content (AvgIpc) is 1.83. The molecule has 0 amide bonds. The fourth-order valence-electron chi connectivity index (χ4n) is 0.207. The van der Waals surface area contributed by atoms with E-state index in [0.717, 1.165) is 0 Å². The molecule has 2 atom stereocenters. The molecular weight excluding hydrogens is 142 g/mol. The molecule has 0 aliphatic rings. The molecule has 0 fully saturated rings. The Morgan fingerprint density at radius 2 is 1.88 bits per heavy atom. The molecule has 4 heteroatoms. The highest BCUT2D eigenvalue weighted by molar-refractivity contribution is 7.51. The Kier molecular flexibility index (Phi) is 4.64. The molecule has 0 aromatic rings. The van der Waals surface area contributed by atoms with E-state index in [0.29, 0.717) is 5.06 Å². The fourth-order valence-corrected chi connectivity index (χ4v) is 0.745. The topological polar surface area (TPSA) is 34.1 Å². The molecule has 8 heavy (non-hydrogen) atoms. The molecule has 42 valence electrons. The smallest absolute Gasteiger partial charge is 0.0987 e. The van der Waals surface area contributed by atoms with Crippen molar-refractivity contribution in [1.29, 1.82) is 0 Å². The van der Waals surface area contributed by atoms with E-state index in [9.17, 15) is 9.13 Å². The molecule has 0 bridgehead atoms. The molecule has 0 radical (unpaired) electrons. The maximum Gasteiger partial charge on any atom is 0.412 e. The number of rotatable bonds is 3. The van der Waals surface area contributed by atoms with Crippen LogP contribution in [0.4, 0.5) is 0 Å². The van der Waals surface area contributed by atoms with Gasteiger partial charge in [0.05, 0.1) is 0 Å². The highest BCUT2D eigenvalue weighted by Crippen LogP contribution is 2.23. The van der Waals surface area contributed by atoms with E-state index in [2.05, 4.69) is 6.58 Å². The van der Waals surface area contributed by atoms with Crippen LogP contribution in [-0.2, 0) is 9.13 Å². The molecule has 0 aromatic carbocycles. The van der Waals surface area contributed by atoms with Crippen molar-refractivity contribution in [3.63, 3.8) is 0 Å². The Labute approximate surface area is 50.7 Å². The zero-order valence-corrected chi connectivity index (χ0v) is 6.18. The maximum atomic E-state index is 9.97. The first-order chi connectivity index (χ1) is 3.85. The lowest BCUT2D eigenvalue weighted by atomic mass is 10.6. The quantitative estimate of drug-likeness (QED) is 0.453. The lowest BCUT2D eigenvalue weighted by Crippen LogP contribution is -1.46. The van der Waals surface area contributed by atoms with Crippen molar-refractivity contribution in [3.05, 3.63) is 23.8 Å². The minimum absolute atomic E-state index is 0.417. The number of hydrogen-bond donors (Lipinski definition) is 0. The van der Waals surface area contributed by atoms with E-state index >= 15 is 0 Å². The molecular formula is C4H6O2P2+2. The van der Waals surface area contributed by atoms with Gasteiger partial charge in [-0.2, -0.15) is 0 Å². The summed E-state index contributed by atoms with van der Waals surface area (Å²) in [4.78, 5) is 0. The molecule has 0 rings (SSSR count). The number of allylic oxidation sites excluding steroid dienone is 2. The third-order valence-electron chi connectivity index (χ3n) is 0.504. The lowest BCUT2D eigenvalue weighted by molar-refractivity contribution is 0.598. The van der Waals surface area contributed by atoms with Crippen LogP contribution in [0.25, 0.3) is 0 Å². The van der Waals surface area contributed by atoms with Gasteiger partial charge in [0, 0.05) is 6.08 Å². The van der Waals surface area contributed by atoms with Gasteiger partial charge in [-0.25, -0.2) is 0 Å². The first kappa shape index (κ1) is 7.68. The zero-order valence-electron chi connectivity index (χ0n) is 4.18. The average molecular weight is 148 g/mol. The van der Waals surface area contributed by atoms with Crippen molar-refractivity contribution in [2.75, 3.05) is 0 Å². The van der Waals surface area contributed by atoms with Gasteiger partial charge in [-0.3, -0.25) is 0 Å². The van der Waals surface area contributed by atoms with Gasteiger partial charge >= 0.3 is 22.0 Å². The fraction of sp³-hybridized carbons (Fsp3) is 0. The Bertz CT molecular complexity index is 129. The van der Waals surface area contributed by atoms with E-state index in [1.54, 1.807) is 0 Å². The molecule has 2 unspecified atom stereocenters. The molecule has 0 heterocycles. The van der Waals surface area contributed by atoms with Crippen molar-refractivity contribution >= 4 is 16.9 Å². The van der Waals surface area contributed by atoms with Crippen LogP contribution in [0.3, 0.4) is 0 Å². The summed E-state index contributed by atoms with van der Waals surface area (Å²) in [6.45, 7) is 3.35. The Balaban J connectivity index is 4.05. The minimum Gasteiger partial charge on any atom is -0.0987 e. The predicted molar refractivity (Wildman–Crippen MR) is 36.3 cm³/mol. The highest BCUT2D eigenvalue weighted by Gasteiger charge is 2.10. The van der Waals surface area contributed by atoms with Crippen LogP contribution >= 0.6 is 16.9 Å². The third kappa shape index (κ3) is 2.79. The Morgan fingerprint density at radius 1 is 1.38 bits per heavy atom. The minimum atomic E-state index is -0.605. The van der Waals surface area contributed by atoms with Crippen LogP contribution in [0.2, 0.25) is 0 Å². The van der Waals surface area contributed by atoms with E-state index in [1.165, 1.54) is 12.2 Å². The van der Waals surface area contributed by atoms with Crippen molar-refractivity contribution in [1.82, 2.24) is 0 Å². The van der Waals surface area contributed by atoms with E-state index in [1.807, 2.05) is 0 Å². The second kappa shape index (κ2) is 4.83. The van der Waals surface area contributed by atoms with Gasteiger partial charge in [0.1, 0.15) is 0 Å². The molecule has 0 saturated carbocycles. The second-order valence-corrected chi connectivity index (χ2v) is 3.01. The van der Waals surface area contributed by atoms with Crippen molar-refractivity contribution in [2.24, 2.45) is 0 Å². The van der Waals surface area contributed by atoms with Crippen molar-refractivity contribution in [2.45, 2.75) is 0 Å². The first-order valence-electron chi connectivity index (χ1n) is 1.94. The van der Waals surface area contributed by atoms with Crippen LogP contribution in [0, 0.1) is 0 Å². The molecule has 0 aliphatic heterocycles. The summed E-state index contributed by atoms with van der Waals surface area (Å²) in [7, 11) is -1.21. The van der Waals surface area contributed by atoms with Gasteiger partial charge < -0.3 is 0 Å². The molecule has 0 saturated heterocycles.